The first kappa shape index (κ1) is 31.4. The Balaban J connectivity index is 0.00000240. The number of carbonyl (C=O) groups is 1. The molecule has 0 saturated carbocycles. The molecule has 1 aromatic carbocycles. The Morgan fingerprint density at radius 1 is 0.938 bits per heavy atom. The predicted octanol–water partition coefficient (Wildman–Crippen LogP) is 2.85. The molecule has 4 rings (SSSR count). The molecule has 9 heteroatoms. The van der Waals surface area contributed by atoms with Gasteiger partial charge in [0.1, 0.15) is 6.10 Å². The van der Waals surface area contributed by atoms with Crippen molar-refractivity contribution in [1.82, 2.24) is 14.7 Å². The largest absolute Gasteiger partial charge is 0.462 e. The molecule has 3 heterocycles. The maximum absolute atomic E-state index is 12.4. The van der Waals surface area contributed by atoms with E-state index in [4.69, 9.17) is 4.74 Å². The zero-order valence-electron chi connectivity index (χ0n) is 19.0. The van der Waals surface area contributed by atoms with Crippen LogP contribution in [0.3, 0.4) is 0 Å². The number of piperazine rings is 1. The van der Waals surface area contributed by atoms with E-state index in [0.717, 1.165) is 58.5 Å². The number of rotatable bonds is 7. The summed E-state index contributed by atoms with van der Waals surface area (Å²) in [5.74, 6) is 0.000985. The first-order valence-corrected chi connectivity index (χ1v) is 11.1. The van der Waals surface area contributed by atoms with E-state index in [2.05, 4.69) is 52.1 Å². The number of nitrogens with zero attached hydrogens (tertiary/aromatic N) is 3. The van der Waals surface area contributed by atoms with Crippen LogP contribution in [-0.4, -0.2) is 90.6 Å². The molecule has 2 bridgehead atoms. The molecule has 0 radical (unpaired) electrons. The number of halogens is 3. The first-order valence-electron chi connectivity index (χ1n) is 11.1. The molecular formula is C23H40Cl3N3O3. The zero-order chi connectivity index (χ0) is 19.3. The summed E-state index contributed by atoms with van der Waals surface area (Å²) in [6.07, 6.45) is 6.34. The third kappa shape index (κ3) is 8.64. The average molecular weight is 513 g/mol. The van der Waals surface area contributed by atoms with Crippen LogP contribution in [-0.2, 0) is 16.0 Å². The van der Waals surface area contributed by atoms with Crippen LogP contribution >= 0.6 is 37.2 Å². The van der Waals surface area contributed by atoms with Gasteiger partial charge < -0.3 is 20.0 Å². The third-order valence-electron chi connectivity index (χ3n) is 6.87. The van der Waals surface area contributed by atoms with E-state index in [-0.39, 0.29) is 54.8 Å². The Bertz CT molecular complexity index is 634. The lowest BCUT2D eigenvalue weighted by molar-refractivity contribution is -0.153. The highest BCUT2D eigenvalue weighted by molar-refractivity contribution is 5.86. The van der Waals surface area contributed by atoms with E-state index in [1.54, 1.807) is 0 Å². The minimum atomic E-state index is 0. The van der Waals surface area contributed by atoms with Crippen molar-refractivity contribution in [2.45, 2.75) is 56.7 Å². The monoisotopic (exact) mass is 511 g/mol. The molecule has 2 N–H and O–H groups in total. The Morgan fingerprint density at radius 2 is 1.53 bits per heavy atom. The number of hydrogen-bond acceptors (Lipinski definition) is 5. The molecule has 3 aliphatic rings. The summed E-state index contributed by atoms with van der Waals surface area (Å²) in [6, 6.07) is 12.0. The Kier molecular flexibility index (Phi) is 15.0. The number of benzene rings is 1. The predicted molar refractivity (Wildman–Crippen MR) is 137 cm³/mol. The fourth-order valence-electron chi connectivity index (χ4n) is 5.15. The van der Waals surface area contributed by atoms with E-state index < -0.39 is 0 Å². The molecule has 0 aromatic heterocycles. The number of hydrogen-bond donors (Lipinski definition) is 0. The van der Waals surface area contributed by atoms with E-state index >= 15 is 0 Å². The van der Waals surface area contributed by atoms with Crippen LogP contribution in [0.2, 0.25) is 0 Å². The maximum atomic E-state index is 12.4. The Labute approximate surface area is 211 Å². The molecule has 0 aliphatic carbocycles. The molecule has 186 valence electrons. The van der Waals surface area contributed by atoms with Crippen LogP contribution in [0.1, 0.15) is 37.7 Å². The van der Waals surface area contributed by atoms with Crippen LogP contribution in [0.4, 0.5) is 0 Å². The molecule has 2 atom stereocenters. The van der Waals surface area contributed by atoms with Gasteiger partial charge in [-0.05, 0) is 31.9 Å². The fourth-order valence-corrected chi connectivity index (χ4v) is 5.15. The smallest absolute Gasteiger partial charge is 0.307 e. The number of ether oxygens (including phenoxy) is 1. The van der Waals surface area contributed by atoms with Crippen LogP contribution in [0.15, 0.2) is 30.3 Å². The van der Waals surface area contributed by atoms with Crippen molar-refractivity contribution >= 4 is 43.2 Å². The van der Waals surface area contributed by atoms with Gasteiger partial charge in [-0.3, -0.25) is 9.69 Å². The summed E-state index contributed by atoms with van der Waals surface area (Å²) in [5.41, 5.74) is 1.42. The molecule has 6 nitrogen and oxygen atoms in total. The van der Waals surface area contributed by atoms with Crippen molar-refractivity contribution in [3.63, 3.8) is 0 Å². The summed E-state index contributed by atoms with van der Waals surface area (Å²) < 4.78 is 5.89. The SMILES string of the molecule is CN1CCN(CCC(=O)OC2CC3CCC(C2)N3CCc2ccccc2)CC1.Cl.Cl.Cl.O. The van der Waals surface area contributed by atoms with Gasteiger partial charge in [0.15, 0.2) is 0 Å². The summed E-state index contributed by atoms with van der Waals surface area (Å²) in [5, 5.41) is 0. The van der Waals surface area contributed by atoms with Gasteiger partial charge in [0.05, 0.1) is 6.42 Å². The third-order valence-corrected chi connectivity index (χ3v) is 6.87. The molecule has 32 heavy (non-hydrogen) atoms. The summed E-state index contributed by atoms with van der Waals surface area (Å²) in [6.45, 7) is 6.29. The highest BCUT2D eigenvalue weighted by Gasteiger charge is 2.41. The topological polar surface area (TPSA) is 67.5 Å². The fraction of sp³-hybridized carbons (Fsp3) is 0.696. The van der Waals surface area contributed by atoms with Gasteiger partial charge in [-0.25, -0.2) is 0 Å². The molecule has 2 unspecified atom stereocenters. The van der Waals surface area contributed by atoms with Gasteiger partial charge in [-0.15, -0.1) is 37.2 Å². The van der Waals surface area contributed by atoms with Gasteiger partial charge in [0.2, 0.25) is 0 Å². The molecular weight excluding hydrogens is 473 g/mol. The molecule has 0 amide bonds. The van der Waals surface area contributed by atoms with Crippen LogP contribution in [0, 0.1) is 0 Å². The molecule has 0 spiro atoms. The lowest BCUT2D eigenvalue weighted by atomic mass is 9.98. The lowest BCUT2D eigenvalue weighted by Crippen LogP contribution is -2.47. The van der Waals surface area contributed by atoms with E-state index in [0.29, 0.717) is 18.5 Å². The number of likely N-dealkylation sites (N-methyl/N-ethyl adjacent to an activating group) is 1. The lowest BCUT2D eigenvalue weighted by Gasteiger charge is -2.38. The molecule has 3 aliphatic heterocycles. The highest BCUT2D eigenvalue weighted by atomic mass is 35.5. The summed E-state index contributed by atoms with van der Waals surface area (Å²) >= 11 is 0. The van der Waals surface area contributed by atoms with E-state index in [9.17, 15) is 4.79 Å². The van der Waals surface area contributed by atoms with Crippen LogP contribution in [0.25, 0.3) is 0 Å². The van der Waals surface area contributed by atoms with Gasteiger partial charge >= 0.3 is 5.97 Å². The van der Waals surface area contributed by atoms with Gasteiger partial charge in [0.25, 0.3) is 0 Å². The summed E-state index contributed by atoms with van der Waals surface area (Å²) in [7, 11) is 2.16. The van der Waals surface area contributed by atoms with Crippen molar-refractivity contribution in [3.05, 3.63) is 35.9 Å². The van der Waals surface area contributed by atoms with Crippen molar-refractivity contribution < 1.29 is 15.0 Å². The second-order valence-electron chi connectivity index (χ2n) is 8.84. The zero-order valence-corrected chi connectivity index (χ0v) is 21.4. The average Bonchev–Trinajstić information content (AvgIpc) is 2.95. The van der Waals surface area contributed by atoms with Gasteiger partial charge in [-0.2, -0.15) is 0 Å². The number of fused-ring (bicyclic) bond motifs is 2. The second-order valence-corrected chi connectivity index (χ2v) is 8.84. The van der Waals surface area contributed by atoms with Crippen molar-refractivity contribution in [1.29, 1.82) is 0 Å². The first-order chi connectivity index (χ1) is 13.7. The maximum Gasteiger partial charge on any atom is 0.307 e. The Hall–Kier alpha value is -0.600. The van der Waals surface area contributed by atoms with Gasteiger partial charge in [-0.1, -0.05) is 30.3 Å². The molecule has 3 fully saturated rings. The number of piperidine rings is 1. The quantitative estimate of drug-likeness (QED) is 0.526. The van der Waals surface area contributed by atoms with Crippen LogP contribution < -0.4 is 0 Å². The molecule has 1 aromatic rings. The highest BCUT2D eigenvalue weighted by Crippen LogP contribution is 2.37. The van der Waals surface area contributed by atoms with Crippen molar-refractivity contribution in [2.75, 3.05) is 46.3 Å². The minimum Gasteiger partial charge on any atom is -0.462 e. The molecule has 3 saturated heterocycles. The standard InChI is InChI=1S/C23H35N3O2.3ClH.H2O/c1-24-13-15-25(16-14-24)11-10-23(27)28-22-17-20-7-8-21(18-22)26(20)12-9-19-5-3-2-4-6-19;;;;/h2-6,20-22H,7-18H2,1H3;3*1H;1H2. The normalized spacial score (nSPS) is 25.5. The summed E-state index contributed by atoms with van der Waals surface area (Å²) in [4.78, 5) is 19.8. The van der Waals surface area contributed by atoms with E-state index in [1.807, 2.05) is 0 Å². The van der Waals surface area contributed by atoms with Gasteiger partial charge in [0, 0.05) is 64.2 Å². The number of esters is 1. The Morgan fingerprint density at radius 3 is 2.12 bits per heavy atom. The minimum absolute atomic E-state index is 0. The van der Waals surface area contributed by atoms with Crippen molar-refractivity contribution in [3.8, 4) is 0 Å². The van der Waals surface area contributed by atoms with E-state index in [1.165, 1.54) is 18.4 Å². The van der Waals surface area contributed by atoms with Crippen molar-refractivity contribution in [2.24, 2.45) is 0 Å². The number of carbonyl (C=O) groups excluding carboxylic acids is 1. The van der Waals surface area contributed by atoms with Crippen LogP contribution in [0.5, 0.6) is 0 Å². The second kappa shape index (κ2) is 15.3.